The highest BCUT2D eigenvalue weighted by Crippen LogP contribution is 2.24. The maximum atomic E-state index is 9.47. The Morgan fingerprint density at radius 3 is 2.59 bits per heavy atom. The summed E-state index contributed by atoms with van der Waals surface area (Å²) in [5, 5.41) is 13.0. The van der Waals surface area contributed by atoms with Crippen molar-refractivity contribution in [3.05, 3.63) is 11.6 Å². The molecule has 0 atom stereocenters. The summed E-state index contributed by atoms with van der Waals surface area (Å²) in [4.78, 5) is 0. The fraction of sp³-hybridized carbons (Fsp3) is 0.867. The molecule has 0 aromatic rings. The molecule has 0 radical (unpaired) electrons. The molecule has 2 N–H and O–H groups in total. The van der Waals surface area contributed by atoms with Crippen LogP contribution in [0.1, 0.15) is 58.8 Å². The van der Waals surface area contributed by atoms with Gasteiger partial charge in [-0.2, -0.15) is 0 Å². The Balaban J connectivity index is 2.20. The summed E-state index contributed by atoms with van der Waals surface area (Å²) in [6, 6.07) is 0. The van der Waals surface area contributed by atoms with Crippen LogP contribution in [-0.4, -0.2) is 24.8 Å². The number of aliphatic hydroxyl groups is 1. The summed E-state index contributed by atoms with van der Waals surface area (Å²) in [6.45, 7) is 6.66. The third-order valence-electron chi connectivity index (χ3n) is 4.34. The number of hydrogen-bond acceptors (Lipinski definition) is 2. The van der Waals surface area contributed by atoms with Crippen LogP contribution in [0.4, 0.5) is 0 Å². The van der Waals surface area contributed by atoms with Gasteiger partial charge in [-0.25, -0.2) is 0 Å². The van der Waals surface area contributed by atoms with Crippen molar-refractivity contribution in [2.24, 2.45) is 5.41 Å². The van der Waals surface area contributed by atoms with E-state index in [1.165, 1.54) is 32.1 Å². The van der Waals surface area contributed by atoms with Crippen LogP contribution in [0.25, 0.3) is 0 Å². The molecule has 2 heteroatoms. The van der Waals surface area contributed by atoms with Crippen molar-refractivity contribution in [1.29, 1.82) is 0 Å². The van der Waals surface area contributed by atoms with E-state index in [1.54, 1.807) is 5.57 Å². The molecule has 0 saturated heterocycles. The van der Waals surface area contributed by atoms with Crippen molar-refractivity contribution in [1.82, 2.24) is 5.32 Å². The first kappa shape index (κ1) is 14.7. The second-order valence-electron chi connectivity index (χ2n) is 5.40. The minimum absolute atomic E-state index is 0.0982. The van der Waals surface area contributed by atoms with Gasteiger partial charge in [0, 0.05) is 18.6 Å². The largest absolute Gasteiger partial charge is 0.396 e. The standard InChI is InChI=1S/C15H29NO/c1-3-15(4-2,13-17)12-16-11-10-14-8-6-5-7-9-14/h8,16-17H,3-7,9-13H2,1-2H3. The second kappa shape index (κ2) is 7.88. The van der Waals surface area contributed by atoms with Crippen molar-refractivity contribution in [2.75, 3.05) is 19.7 Å². The topological polar surface area (TPSA) is 32.3 Å². The molecule has 0 aromatic heterocycles. The highest BCUT2D eigenvalue weighted by atomic mass is 16.3. The van der Waals surface area contributed by atoms with E-state index in [0.717, 1.165) is 25.9 Å². The van der Waals surface area contributed by atoms with Crippen molar-refractivity contribution >= 4 is 0 Å². The van der Waals surface area contributed by atoms with Gasteiger partial charge in [0.1, 0.15) is 0 Å². The number of aliphatic hydroxyl groups excluding tert-OH is 1. The predicted octanol–water partition coefficient (Wildman–Crippen LogP) is 3.27. The molecule has 0 saturated carbocycles. The van der Waals surface area contributed by atoms with E-state index < -0.39 is 0 Å². The molecular weight excluding hydrogens is 210 g/mol. The summed E-state index contributed by atoms with van der Waals surface area (Å²) in [5.74, 6) is 0. The summed E-state index contributed by atoms with van der Waals surface area (Å²) in [6.07, 6.45) is 11.0. The van der Waals surface area contributed by atoms with Crippen LogP contribution in [0.2, 0.25) is 0 Å². The van der Waals surface area contributed by atoms with Crippen LogP contribution in [0.5, 0.6) is 0 Å². The third-order valence-corrected chi connectivity index (χ3v) is 4.34. The fourth-order valence-electron chi connectivity index (χ4n) is 2.51. The van der Waals surface area contributed by atoms with Gasteiger partial charge in [-0.15, -0.1) is 0 Å². The molecule has 0 bridgehead atoms. The first-order valence-corrected chi connectivity index (χ1v) is 7.26. The van der Waals surface area contributed by atoms with Gasteiger partial charge in [-0.3, -0.25) is 0 Å². The minimum atomic E-state index is 0.0982. The lowest BCUT2D eigenvalue weighted by Crippen LogP contribution is -2.37. The molecule has 17 heavy (non-hydrogen) atoms. The Bertz CT molecular complexity index is 223. The normalized spacial score (nSPS) is 17.0. The summed E-state index contributed by atoms with van der Waals surface area (Å²) in [7, 11) is 0. The van der Waals surface area contributed by atoms with Gasteiger partial charge in [0.15, 0.2) is 0 Å². The van der Waals surface area contributed by atoms with E-state index in [1.807, 2.05) is 0 Å². The van der Waals surface area contributed by atoms with E-state index in [0.29, 0.717) is 6.61 Å². The van der Waals surface area contributed by atoms with E-state index in [4.69, 9.17) is 0 Å². The number of hydrogen-bond donors (Lipinski definition) is 2. The summed E-state index contributed by atoms with van der Waals surface area (Å²) >= 11 is 0. The quantitative estimate of drug-likeness (QED) is 0.503. The Kier molecular flexibility index (Phi) is 6.83. The Morgan fingerprint density at radius 1 is 1.29 bits per heavy atom. The van der Waals surface area contributed by atoms with Crippen LogP contribution >= 0.6 is 0 Å². The first-order valence-electron chi connectivity index (χ1n) is 7.26. The summed E-state index contributed by atoms with van der Waals surface area (Å²) < 4.78 is 0. The highest BCUT2D eigenvalue weighted by Gasteiger charge is 2.24. The van der Waals surface area contributed by atoms with E-state index >= 15 is 0 Å². The number of nitrogens with one attached hydrogen (secondary N) is 1. The maximum absolute atomic E-state index is 9.47. The molecule has 0 fully saturated rings. The lowest BCUT2D eigenvalue weighted by atomic mass is 9.83. The zero-order valence-electron chi connectivity index (χ0n) is 11.6. The van der Waals surface area contributed by atoms with Gasteiger partial charge >= 0.3 is 0 Å². The molecule has 0 spiro atoms. The molecule has 1 aliphatic carbocycles. The van der Waals surface area contributed by atoms with Crippen LogP contribution in [0.3, 0.4) is 0 Å². The predicted molar refractivity (Wildman–Crippen MR) is 74.1 cm³/mol. The third kappa shape index (κ3) is 4.81. The second-order valence-corrected chi connectivity index (χ2v) is 5.40. The van der Waals surface area contributed by atoms with Gasteiger partial charge in [0.2, 0.25) is 0 Å². The van der Waals surface area contributed by atoms with Crippen LogP contribution in [0.15, 0.2) is 11.6 Å². The average Bonchev–Trinajstić information content (AvgIpc) is 2.41. The van der Waals surface area contributed by atoms with Crippen LogP contribution in [-0.2, 0) is 0 Å². The molecule has 0 unspecified atom stereocenters. The minimum Gasteiger partial charge on any atom is -0.396 e. The number of allylic oxidation sites excluding steroid dienone is 1. The molecule has 0 amide bonds. The van der Waals surface area contributed by atoms with Crippen molar-refractivity contribution in [3.8, 4) is 0 Å². The SMILES string of the molecule is CCC(CC)(CO)CNCCC1=CCCCC1. The molecule has 1 rings (SSSR count). The zero-order chi connectivity index (χ0) is 12.6. The average molecular weight is 239 g/mol. The van der Waals surface area contributed by atoms with E-state index in [9.17, 15) is 5.11 Å². The van der Waals surface area contributed by atoms with Crippen molar-refractivity contribution in [2.45, 2.75) is 58.8 Å². The van der Waals surface area contributed by atoms with Crippen molar-refractivity contribution < 1.29 is 5.11 Å². The van der Waals surface area contributed by atoms with Crippen molar-refractivity contribution in [3.63, 3.8) is 0 Å². The van der Waals surface area contributed by atoms with E-state index in [-0.39, 0.29) is 5.41 Å². The molecule has 100 valence electrons. The molecule has 0 aromatic carbocycles. The lowest BCUT2D eigenvalue weighted by molar-refractivity contribution is 0.113. The first-order chi connectivity index (χ1) is 8.26. The Hall–Kier alpha value is -0.340. The van der Waals surface area contributed by atoms with Gasteiger partial charge in [-0.1, -0.05) is 25.5 Å². The molecule has 0 aliphatic heterocycles. The van der Waals surface area contributed by atoms with Gasteiger partial charge < -0.3 is 10.4 Å². The summed E-state index contributed by atoms with van der Waals surface area (Å²) in [5.41, 5.74) is 1.73. The van der Waals surface area contributed by atoms with Gasteiger partial charge in [-0.05, 0) is 51.5 Å². The zero-order valence-corrected chi connectivity index (χ0v) is 11.6. The fourth-order valence-corrected chi connectivity index (χ4v) is 2.51. The highest BCUT2D eigenvalue weighted by molar-refractivity contribution is 5.05. The smallest absolute Gasteiger partial charge is 0.0499 e. The van der Waals surface area contributed by atoms with Crippen LogP contribution < -0.4 is 5.32 Å². The molecule has 1 aliphatic rings. The molecule has 0 heterocycles. The van der Waals surface area contributed by atoms with E-state index in [2.05, 4.69) is 25.2 Å². The lowest BCUT2D eigenvalue weighted by Gasteiger charge is -2.29. The van der Waals surface area contributed by atoms with Crippen LogP contribution in [0, 0.1) is 5.41 Å². The Labute approximate surface area is 106 Å². The van der Waals surface area contributed by atoms with Gasteiger partial charge in [0.05, 0.1) is 0 Å². The number of rotatable bonds is 8. The monoisotopic (exact) mass is 239 g/mol. The molecular formula is C15H29NO. The molecule has 2 nitrogen and oxygen atoms in total. The van der Waals surface area contributed by atoms with Gasteiger partial charge in [0.25, 0.3) is 0 Å². The maximum Gasteiger partial charge on any atom is 0.0499 e. The Morgan fingerprint density at radius 2 is 2.06 bits per heavy atom.